The van der Waals surface area contributed by atoms with Gasteiger partial charge in [-0.2, -0.15) is 0 Å². The molecule has 5 nitrogen and oxygen atoms in total. The first kappa shape index (κ1) is 16.4. The molecule has 0 amide bonds. The van der Waals surface area contributed by atoms with Gasteiger partial charge in [-0.05, 0) is 26.9 Å². The molecule has 1 fully saturated rings. The Morgan fingerprint density at radius 3 is 2.84 bits per heavy atom. The highest BCUT2D eigenvalue weighted by Crippen LogP contribution is 2.28. The number of hydrogen-bond acceptors (Lipinski definition) is 5. The fourth-order valence-corrected chi connectivity index (χ4v) is 2.59. The first-order valence-corrected chi connectivity index (χ1v) is 7.14. The van der Waals surface area contributed by atoms with Gasteiger partial charge in [-0.3, -0.25) is 4.79 Å². The van der Waals surface area contributed by atoms with Crippen molar-refractivity contribution in [3.63, 3.8) is 0 Å². The Balaban J connectivity index is 2.66. The largest absolute Gasteiger partial charge is 0.468 e. The second-order valence-electron chi connectivity index (χ2n) is 5.54. The number of methoxy groups -OCH3 is 1. The molecule has 0 spiro atoms. The summed E-state index contributed by atoms with van der Waals surface area (Å²) in [6, 6.07) is 0. The molecule has 1 rings (SSSR count). The van der Waals surface area contributed by atoms with E-state index in [1.165, 1.54) is 7.11 Å². The number of nitrogens with one attached hydrogen (secondary N) is 1. The van der Waals surface area contributed by atoms with Crippen molar-refractivity contribution in [1.29, 1.82) is 0 Å². The average Bonchev–Trinajstić information content (AvgIpc) is 2.38. The van der Waals surface area contributed by atoms with Crippen molar-refractivity contribution < 1.29 is 14.3 Å². The van der Waals surface area contributed by atoms with E-state index < -0.39 is 5.54 Å². The normalized spacial score (nSPS) is 27.5. The monoisotopic (exact) mass is 272 g/mol. The highest BCUT2D eigenvalue weighted by atomic mass is 16.5. The van der Waals surface area contributed by atoms with Crippen molar-refractivity contribution in [3.05, 3.63) is 0 Å². The Kier molecular flexibility index (Phi) is 6.75. The van der Waals surface area contributed by atoms with Crippen LogP contribution in [0.5, 0.6) is 0 Å². The summed E-state index contributed by atoms with van der Waals surface area (Å²) in [6.45, 7) is 4.44. The molecule has 0 bridgehead atoms. The van der Waals surface area contributed by atoms with Gasteiger partial charge in [0.05, 0.1) is 13.2 Å². The number of rotatable bonds is 7. The number of carbonyl (C=O) groups is 1. The van der Waals surface area contributed by atoms with Crippen LogP contribution in [-0.2, 0) is 14.3 Å². The molecular weight excluding hydrogens is 244 g/mol. The molecule has 1 heterocycles. The maximum Gasteiger partial charge on any atom is 0.326 e. The SMILES string of the molecule is CCCC1CC(NCCN(C)C)(C(=O)OC)CCO1. The number of ether oxygens (including phenoxy) is 2. The lowest BCUT2D eigenvalue weighted by Gasteiger charge is -2.39. The molecule has 1 aliphatic rings. The molecule has 112 valence electrons. The van der Waals surface area contributed by atoms with Crippen molar-refractivity contribution >= 4 is 5.97 Å². The number of hydrogen-bond donors (Lipinski definition) is 1. The number of carbonyl (C=O) groups excluding carboxylic acids is 1. The lowest BCUT2D eigenvalue weighted by atomic mass is 9.85. The van der Waals surface area contributed by atoms with E-state index in [0.29, 0.717) is 19.4 Å². The van der Waals surface area contributed by atoms with Gasteiger partial charge in [0.2, 0.25) is 0 Å². The standard InChI is InChI=1S/C14H28N2O3/c1-5-6-12-11-14(7-10-19-12,13(17)18-4)15-8-9-16(2)3/h12,15H,5-11H2,1-4H3. The maximum absolute atomic E-state index is 12.2. The Bertz CT molecular complexity index is 282. The molecule has 2 atom stereocenters. The van der Waals surface area contributed by atoms with Crippen molar-refractivity contribution in [2.45, 2.75) is 44.2 Å². The molecule has 0 aromatic carbocycles. The third-order valence-electron chi connectivity index (χ3n) is 3.67. The summed E-state index contributed by atoms with van der Waals surface area (Å²) in [5.41, 5.74) is -0.567. The summed E-state index contributed by atoms with van der Waals surface area (Å²) in [5, 5.41) is 3.41. The van der Waals surface area contributed by atoms with Gasteiger partial charge in [-0.1, -0.05) is 13.3 Å². The van der Waals surface area contributed by atoms with E-state index in [1.807, 2.05) is 14.1 Å². The van der Waals surface area contributed by atoms with Crippen LogP contribution in [0, 0.1) is 0 Å². The Morgan fingerprint density at radius 1 is 1.53 bits per heavy atom. The summed E-state index contributed by atoms with van der Waals surface area (Å²) < 4.78 is 10.7. The van der Waals surface area contributed by atoms with Gasteiger partial charge in [0.25, 0.3) is 0 Å². The van der Waals surface area contributed by atoms with Crippen LogP contribution in [-0.4, -0.2) is 63.4 Å². The molecule has 0 radical (unpaired) electrons. The maximum atomic E-state index is 12.2. The number of esters is 1. The van der Waals surface area contributed by atoms with Crippen LogP contribution in [0.1, 0.15) is 32.6 Å². The van der Waals surface area contributed by atoms with E-state index in [0.717, 1.165) is 25.9 Å². The summed E-state index contributed by atoms with van der Waals surface area (Å²) in [6.07, 6.45) is 3.62. The molecule has 0 aromatic heterocycles. The zero-order valence-electron chi connectivity index (χ0n) is 12.7. The highest BCUT2D eigenvalue weighted by molar-refractivity contribution is 5.81. The summed E-state index contributed by atoms with van der Waals surface area (Å²) in [5.74, 6) is -0.157. The molecule has 19 heavy (non-hydrogen) atoms. The molecule has 1 aliphatic heterocycles. The minimum absolute atomic E-state index is 0.157. The van der Waals surface area contributed by atoms with E-state index in [4.69, 9.17) is 9.47 Å². The topological polar surface area (TPSA) is 50.8 Å². The predicted octanol–water partition coefficient (Wildman–Crippen LogP) is 1.03. The highest BCUT2D eigenvalue weighted by Gasteiger charge is 2.43. The van der Waals surface area contributed by atoms with E-state index in [9.17, 15) is 4.79 Å². The fourth-order valence-electron chi connectivity index (χ4n) is 2.59. The Labute approximate surface area is 116 Å². The quantitative estimate of drug-likeness (QED) is 0.702. The van der Waals surface area contributed by atoms with Gasteiger partial charge in [-0.25, -0.2) is 0 Å². The smallest absolute Gasteiger partial charge is 0.326 e. The second kappa shape index (κ2) is 7.82. The van der Waals surface area contributed by atoms with Crippen LogP contribution in [0.25, 0.3) is 0 Å². The molecule has 0 saturated carbocycles. The summed E-state index contributed by atoms with van der Waals surface area (Å²) >= 11 is 0. The van der Waals surface area contributed by atoms with E-state index in [-0.39, 0.29) is 12.1 Å². The van der Waals surface area contributed by atoms with Crippen molar-refractivity contribution in [2.24, 2.45) is 0 Å². The predicted molar refractivity (Wildman–Crippen MR) is 75.2 cm³/mol. The van der Waals surface area contributed by atoms with Gasteiger partial charge in [-0.15, -0.1) is 0 Å². The molecule has 0 aromatic rings. The van der Waals surface area contributed by atoms with Crippen LogP contribution >= 0.6 is 0 Å². The lowest BCUT2D eigenvalue weighted by molar-refractivity contribution is -0.156. The Morgan fingerprint density at radius 2 is 2.26 bits per heavy atom. The van der Waals surface area contributed by atoms with Crippen LogP contribution in [0.3, 0.4) is 0 Å². The Hall–Kier alpha value is -0.650. The van der Waals surface area contributed by atoms with Crippen LogP contribution in [0.2, 0.25) is 0 Å². The van der Waals surface area contributed by atoms with Crippen LogP contribution in [0.4, 0.5) is 0 Å². The second-order valence-corrected chi connectivity index (χ2v) is 5.54. The molecular formula is C14H28N2O3. The summed E-state index contributed by atoms with van der Waals surface area (Å²) in [4.78, 5) is 14.3. The fraction of sp³-hybridized carbons (Fsp3) is 0.929. The minimum Gasteiger partial charge on any atom is -0.468 e. The van der Waals surface area contributed by atoms with Gasteiger partial charge in [0, 0.05) is 26.1 Å². The van der Waals surface area contributed by atoms with Crippen LogP contribution < -0.4 is 5.32 Å². The van der Waals surface area contributed by atoms with E-state index in [1.54, 1.807) is 0 Å². The minimum atomic E-state index is -0.567. The number of nitrogens with zero attached hydrogens (tertiary/aromatic N) is 1. The molecule has 0 aliphatic carbocycles. The molecule has 1 N–H and O–H groups in total. The zero-order valence-corrected chi connectivity index (χ0v) is 12.7. The van der Waals surface area contributed by atoms with Crippen molar-refractivity contribution in [1.82, 2.24) is 10.2 Å². The van der Waals surface area contributed by atoms with E-state index >= 15 is 0 Å². The van der Waals surface area contributed by atoms with Gasteiger partial charge < -0.3 is 19.7 Å². The third-order valence-corrected chi connectivity index (χ3v) is 3.67. The first-order valence-electron chi connectivity index (χ1n) is 7.14. The van der Waals surface area contributed by atoms with Crippen molar-refractivity contribution in [2.75, 3.05) is 40.9 Å². The van der Waals surface area contributed by atoms with Gasteiger partial charge in [0.1, 0.15) is 5.54 Å². The average molecular weight is 272 g/mol. The van der Waals surface area contributed by atoms with E-state index in [2.05, 4.69) is 17.1 Å². The van der Waals surface area contributed by atoms with Crippen molar-refractivity contribution in [3.8, 4) is 0 Å². The summed E-state index contributed by atoms with van der Waals surface area (Å²) in [7, 11) is 5.51. The number of likely N-dealkylation sites (N-methyl/N-ethyl adjacent to an activating group) is 1. The third kappa shape index (κ3) is 4.75. The van der Waals surface area contributed by atoms with Crippen LogP contribution in [0.15, 0.2) is 0 Å². The first-order chi connectivity index (χ1) is 9.04. The van der Waals surface area contributed by atoms with Gasteiger partial charge in [0.15, 0.2) is 0 Å². The lowest BCUT2D eigenvalue weighted by Crippen LogP contribution is -2.58. The van der Waals surface area contributed by atoms with Gasteiger partial charge >= 0.3 is 5.97 Å². The molecule has 1 saturated heterocycles. The molecule has 5 heteroatoms. The molecule has 2 unspecified atom stereocenters. The zero-order chi connectivity index (χ0) is 14.3.